The molecule has 0 aromatic heterocycles. The second-order valence-electron chi connectivity index (χ2n) is 20.0. The van der Waals surface area contributed by atoms with Crippen LogP contribution in [0.15, 0.2) is 218 Å². The SMILES string of the molecule is CC.CC.CC.CC.CC.Cc1c2ccccc2c(C)c2ccccc12.Cc1ccc(C)c2cc3ccccc3cc12.Cc1ccc2c(C)cccc2c1.Cc1ccc2cc3cc(C)ccc3cc2c1.Cc1ccc2ccc(C)cc2c1. The van der Waals surface area contributed by atoms with Gasteiger partial charge in [-0.25, -0.2) is 0 Å². The number of rotatable bonds is 0. The van der Waals surface area contributed by atoms with Crippen LogP contribution >= 0.6 is 0 Å². The summed E-state index contributed by atoms with van der Waals surface area (Å²) in [6.07, 6.45) is 0. The lowest BCUT2D eigenvalue weighted by molar-refractivity contribution is 1.47. The van der Waals surface area contributed by atoms with Crippen molar-refractivity contribution in [1.82, 2.24) is 0 Å². The lowest BCUT2D eigenvalue weighted by Crippen LogP contribution is -1.87. The summed E-state index contributed by atoms with van der Waals surface area (Å²) in [5.74, 6) is 0. The van der Waals surface area contributed by atoms with E-state index in [9.17, 15) is 0 Å². The number of hydrogen-bond donors (Lipinski definition) is 0. The fourth-order valence-corrected chi connectivity index (χ4v) is 10.2. The average molecular weight is 1080 g/mol. The van der Waals surface area contributed by atoms with Crippen molar-refractivity contribution in [3.05, 3.63) is 274 Å². The van der Waals surface area contributed by atoms with Gasteiger partial charge in [-0.05, 0) is 207 Å². The van der Waals surface area contributed by atoms with Crippen molar-refractivity contribution in [3.63, 3.8) is 0 Å². The predicted molar refractivity (Wildman–Crippen MR) is 376 cm³/mol. The fraction of sp³-hybridized carbons (Fsp3) is 0.244. The third kappa shape index (κ3) is 17.2. The Morgan fingerprint density at radius 3 is 0.793 bits per heavy atom. The first-order chi connectivity index (χ1) is 39.8. The summed E-state index contributed by atoms with van der Waals surface area (Å²) in [6, 6.07) is 78.7. The van der Waals surface area contributed by atoms with Gasteiger partial charge >= 0.3 is 0 Å². The van der Waals surface area contributed by atoms with Crippen LogP contribution in [0.1, 0.15) is 125 Å². The van der Waals surface area contributed by atoms with Gasteiger partial charge in [0.25, 0.3) is 0 Å². The highest BCUT2D eigenvalue weighted by molar-refractivity contribution is 6.05. The Morgan fingerprint density at radius 1 is 0.159 bits per heavy atom. The first-order valence-corrected chi connectivity index (χ1v) is 30.4. The molecule has 0 heteroatoms. The minimum absolute atomic E-state index is 1.32. The summed E-state index contributed by atoms with van der Waals surface area (Å²) >= 11 is 0. The maximum atomic E-state index is 2.30. The zero-order valence-electron chi connectivity index (χ0n) is 53.8. The van der Waals surface area contributed by atoms with Crippen LogP contribution < -0.4 is 0 Å². The van der Waals surface area contributed by atoms with Crippen LogP contribution in [0.3, 0.4) is 0 Å². The molecule has 0 nitrogen and oxygen atoms in total. The Morgan fingerprint density at radius 2 is 0.427 bits per heavy atom. The van der Waals surface area contributed by atoms with Crippen LogP contribution in [0, 0.1) is 69.2 Å². The molecule has 0 saturated carbocycles. The van der Waals surface area contributed by atoms with Crippen molar-refractivity contribution in [3.8, 4) is 0 Å². The van der Waals surface area contributed by atoms with Gasteiger partial charge in [-0.2, -0.15) is 0 Å². The van der Waals surface area contributed by atoms with Gasteiger partial charge < -0.3 is 0 Å². The maximum Gasteiger partial charge on any atom is -0.0146 e. The monoisotopic (exact) mass is 1080 g/mol. The third-order valence-corrected chi connectivity index (χ3v) is 14.3. The van der Waals surface area contributed by atoms with Crippen molar-refractivity contribution < 1.29 is 0 Å². The van der Waals surface area contributed by atoms with Crippen LogP contribution in [-0.2, 0) is 0 Å². The predicted octanol–water partition coefficient (Wildman–Crippen LogP) is 25.9. The van der Waals surface area contributed by atoms with E-state index in [2.05, 4.69) is 288 Å². The molecule has 13 aromatic rings. The minimum Gasteiger partial charge on any atom is -0.0683 e. The van der Waals surface area contributed by atoms with Crippen LogP contribution in [0.5, 0.6) is 0 Å². The molecule has 0 aliphatic heterocycles. The smallest absolute Gasteiger partial charge is 0.0146 e. The highest BCUT2D eigenvalue weighted by Gasteiger charge is 2.07. The molecule has 0 unspecified atom stereocenters. The topological polar surface area (TPSA) is 0 Å². The Balaban J connectivity index is 0.000000213. The van der Waals surface area contributed by atoms with Crippen molar-refractivity contribution in [2.24, 2.45) is 0 Å². The average Bonchev–Trinajstić information content (AvgIpc) is 3.66. The van der Waals surface area contributed by atoms with E-state index in [1.54, 1.807) is 0 Å². The molecular formula is C82H96. The molecule has 424 valence electrons. The summed E-state index contributed by atoms with van der Waals surface area (Å²) in [7, 11) is 0. The van der Waals surface area contributed by atoms with E-state index in [0.717, 1.165) is 0 Å². The first-order valence-electron chi connectivity index (χ1n) is 30.4. The van der Waals surface area contributed by atoms with E-state index in [1.165, 1.54) is 142 Å². The molecule has 0 amide bonds. The molecule has 0 radical (unpaired) electrons. The Labute approximate surface area is 495 Å². The fourth-order valence-electron chi connectivity index (χ4n) is 10.2. The van der Waals surface area contributed by atoms with Crippen molar-refractivity contribution in [2.75, 3.05) is 0 Å². The second-order valence-corrected chi connectivity index (χ2v) is 20.0. The van der Waals surface area contributed by atoms with E-state index in [0.29, 0.717) is 0 Å². The van der Waals surface area contributed by atoms with E-state index in [4.69, 9.17) is 0 Å². The lowest BCUT2D eigenvalue weighted by atomic mass is 9.93. The van der Waals surface area contributed by atoms with Gasteiger partial charge in [0.2, 0.25) is 0 Å². The van der Waals surface area contributed by atoms with Gasteiger partial charge in [-0.1, -0.05) is 291 Å². The quantitative estimate of drug-likeness (QED) is 0.133. The molecule has 0 aliphatic carbocycles. The number of fused-ring (bicyclic) bond motifs is 8. The van der Waals surface area contributed by atoms with Crippen LogP contribution in [0.2, 0.25) is 0 Å². The zero-order valence-corrected chi connectivity index (χ0v) is 53.8. The van der Waals surface area contributed by atoms with Crippen LogP contribution in [-0.4, -0.2) is 0 Å². The molecule has 0 heterocycles. The van der Waals surface area contributed by atoms with Gasteiger partial charge in [0.05, 0.1) is 0 Å². The third-order valence-electron chi connectivity index (χ3n) is 14.3. The molecule has 0 saturated heterocycles. The molecule has 0 aliphatic rings. The highest BCUT2D eigenvalue weighted by atomic mass is 14.1. The lowest BCUT2D eigenvalue weighted by Gasteiger charge is -2.11. The van der Waals surface area contributed by atoms with Crippen LogP contribution in [0.25, 0.3) is 86.2 Å². The van der Waals surface area contributed by atoms with Crippen molar-refractivity contribution >= 4 is 86.2 Å². The number of aryl methyl sites for hydroxylation is 10. The summed E-state index contributed by atoms with van der Waals surface area (Å²) in [5.41, 5.74) is 13.5. The van der Waals surface area contributed by atoms with E-state index in [-0.39, 0.29) is 0 Å². The molecular weight excluding hydrogens is 985 g/mol. The molecule has 13 rings (SSSR count). The number of benzene rings is 13. The Hall–Kier alpha value is -8.06. The summed E-state index contributed by atoms with van der Waals surface area (Å²) in [6.45, 7) is 41.6. The second kappa shape index (κ2) is 33.6. The summed E-state index contributed by atoms with van der Waals surface area (Å²) in [5, 5.41) is 21.6. The molecule has 0 atom stereocenters. The van der Waals surface area contributed by atoms with Gasteiger partial charge in [0.15, 0.2) is 0 Å². The first kappa shape index (κ1) is 66.5. The van der Waals surface area contributed by atoms with E-state index < -0.39 is 0 Å². The highest BCUT2D eigenvalue weighted by Crippen LogP contribution is 2.32. The molecule has 82 heavy (non-hydrogen) atoms. The standard InChI is InChI=1S/3C16H14.2C12H12.5C2H6/c1-11-3-5-13-10-16-8-12(2)4-6-14(16)9-15(13)7-11;1-11-13-7-3-5-9-15(13)12(2)16-10-6-4-8-14(11)16;1-11-7-8-12(2)16-10-14-6-4-3-5-13(14)9-15(11)16;1-9-3-5-11-6-4-10(2)8-12(11)7-9;1-9-6-7-12-10(2)4-3-5-11(12)8-9;5*1-2/h3*3-10H,1-2H3;2*3-8H,1-2H3;5*1-2H3. The molecule has 0 bridgehead atoms. The van der Waals surface area contributed by atoms with Crippen LogP contribution in [0.4, 0.5) is 0 Å². The molecule has 13 aromatic carbocycles. The van der Waals surface area contributed by atoms with Crippen molar-refractivity contribution in [2.45, 2.75) is 138 Å². The zero-order chi connectivity index (χ0) is 60.5. The van der Waals surface area contributed by atoms with Gasteiger partial charge in [-0.15, -0.1) is 0 Å². The van der Waals surface area contributed by atoms with E-state index in [1.807, 2.05) is 69.2 Å². The molecule has 0 fully saturated rings. The van der Waals surface area contributed by atoms with Gasteiger partial charge in [0, 0.05) is 0 Å². The number of hydrogen-bond acceptors (Lipinski definition) is 0. The summed E-state index contributed by atoms with van der Waals surface area (Å²) in [4.78, 5) is 0. The van der Waals surface area contributed by atoms with Gasteiger partial charge in [-0.3, -0.25) is 0 Å². The van der Waals surface area contributed by atoms with E-state index >= 15 is 0 Å². The molecule has 0 N–H and O–H groups in total. The van der Waals surface area contributed by atoms with Gasteiger partial charge in [0.1, 0.15) is 0 Å². The molecule has 0 spiro atoms. The normalized spacial score (nSPS) is 9.95. The minimum atomic E-state index is 1.32. The Bertz CT molecular complexity index is 3800. The Kier molecular flexibility index (Phi) is 27.3. The summed E-state index contributed by atoms with van der Waals surface area (Å²) < 4.78 is 0. The maximum absolute atomic E-state index is 2.30. The largest absolute Gasteiger partial charge is 0.0683 e. The van der Waals surface area contributed by atoms with Crippen molar-refractivity contribution in [1.29, 1.82) is 0 Å².